The molecule has 1 aromatic heterocycles. The van der Waals surface area contributed by atoms with Crippen LogP contribution in [0.25, 0.3) is 0 Å². The highest BCUT2D eigenvalue weighted by Crippen LogP contribution is 2.21. The van der Waals surface area contributed by atoms with Crippen molar-refractivity contribution in [1.29, 1.82) is 0 Å². The van der Waals surface area contributed by atoms with Gasteiger partial charge in [-0.05, 0) is 31.2 Å². The SMILES string of the molecule is CCn1ncnc1CC(N)CSc1ccc(Br)cc1. The number of aromatic nitrogens is 3. The first-order chi connectivity index (χ1) is 9.19. The highest BCUT2D eigenvalue weighted by Gasteiger charge is 2.10. The average Bonchev–Trinajstić information content (AvgIpc) is 2.85. The Labute approximate surface area is 125 Å². The molecule has 0 aliphatic heterocycles. The van der Waals surface area contributed by atoms with E-state index in [9.17, 15) is 0 Å². The van der Waals surface area contributed by atoms with E-state index in [-0.39, 0.29) is 6.04 Å². The van der Waals surface area contributed by atoms with Crippen molar-refractivity contribution < 1.29 is 0 Å². The van der Waals surface area contributed by atoms with Crippen LogP contribution in [-0.4, -0.2) is 26.6 Å². The van der Waals surface area contributed by atoms with Gasteiger partial charge in [-0.15, -0.1) is 11.8 Å². The predicted octanol–water partition coefficient (Wildman–Crippen LogP) is 2.72. The lowest BCUT2D eigenvalue weighted by Crippen LogP contribution is -2.27. The second-order valence-corrected chi connectivity index (χ2v) is 6.23. The van der Waals surface area contributed by atoms with Crippen molar-refractivity contribution in [2.45, 2.75) is 30.8 Å². The molecule has 6 heteroatoms. The second-order valence-electron chi connectivity index (χ2n) is 4.22. The van der Waals surface area contributed by atoms with Crippen molar-refractivity contribution in [1.82, 2.24) is 14.8 Å². The molecule has 0 aliphatic rings. The summed E-state index contributed by atoms with van der Waals surface area (Å²) < 4.78 is 2.99. The molecule has 0 amide bonds. The molecule has 0 fully saturated rings. The molecule has 2 aromatic rings. The molecule has 4 nitrogen and oxygen atoms in total. The minimum atomic E-state index is 0.0862. The quantitative estimate of drug-likeness (QED) is 0.821. The molecule has 1 aromatic carbocycles. The molecular formula is C13H17BrN4S. The number of nitrogens with two attached hydrogens (primary N) is 1. The minimum absolute atomic E-state index is 0.0862. The number of hydrogen-bond donors (Lipinski definition) is 1. The van der Waals surface area contributed by atoms with Crippen molar-refractivity contribution in [2.75, 3.05) is 5.75 Å². The summed E-state index contributed by atoms with van der Waals surface area (Å²) in [4.78, 5) is 5.48. The van der Waals surface area contributed by atoms with E-state index in [4.69, 9.17) is 5.73 Å². The van der Waals surface area contributed by atoms with E-state index >= 15 is 0 Å². The molecular weight excluding hydrogens is 324 g/mol. The number of halogens is 1. The van der Waals surface area contributed by atoms with Gasteiger partial charge in [0.2, 0.25) is 0 Å². The van der Waals surface area contributed by atoms with E-state index < -0.39 is 0 Å². The first-order valence-corrected chi connectivity index (χ1v) is 7.97. The van der Waals surface area contributed by atoms with E-state index in [1.807, 2.05) is 16.8 Å². The first kappa shape index (κ1) is 14.6. The largest absolute Gasteiger partial charge is 0.327 e. The maximum Gasteiger partial charge on any atom is 0.138 e. The monoisotopic (exact) mass is 340 g/mol. The van der Waals surface area contributed by atoms with E-state index in [1.54, 1.807) is 18.1 Å². The molecule has 2 rings (SSSR count). The molecule has 2 N–H and O–H groups in total. The van der Waals surface area contributed by atoms with E-state index in [0.29, 0.717) is 0 Å². The third kappa shape index (κ3) is 4.33. The summed E-state index contributed by atoms with van der Waals surface area (Å²) in [7, 11) is 0. The smallest absolute Gasteiger partial charge is 0.138 e. The molecule has 19 heavy (non-hydrogen) atoms. The summed E-state index contributed by atoms with van der Waals surface area (Å²) in [6.07, 6.45) is 2.35. The first-order valence-electron chi connectivity index (χ1n) is 6.19. The lowest BCUT2D eigenvalue weighted by Gasteiger charge is -2.11. The Balaban J connectivity index is 1.84. The molecule has 1 heterocycles. The van der Waals surface area contributed by atoms with Gasteiger partial charge >= 0.3 is 0 Å². The van der Waals surface area contributed by atoms with Crippen LogP contribution in [0.4, 0.5) is 0 Å². The molecule has 0 bridgehead atoms. The van der Waals surface area contributed by atoms with Crippen molar-refractivity contribution in [3.8, 4) is 0 Å². The van der Waals surface area contributed by atoms with Crippen LogP contribution in [0, 0.1) is 0 Å². The maximum atomic E-state index is 6.16. The Morgan fingerprint density at radius 2 is 2.11 bits per heavy atom. The molecule has 0 spiro atoms. The number of thioether (sulfide) groups is 1. The van der Waals surface area contributed by atoms with Gasteiger partial charge in [0.25, 0.3) is 0 Å². The van der Waals surface area contributed by atoms with Gasteiger partial charge in [0.05, 0.1) is 0 Å². The Kier molecular flexibility index (Phi) is 5.42. The Morgan fingerprint density at radius 1 is 1.37 bits per heavy atom. The van der Waals surface area contributed by atoms with Crippen molar-refractivity contribution >= 4 is 27.7 Å². The van der Waals surface area contributed by atoms with Crippen molar-refractivity contribution in [3.05, 3.63) is 40.9 Å². The zero-order valence-corrected chi connectivity index (χ0v) is 13.2. The van der Waals surface area contributed by atoms with Gasteiger partial charge in [0.15, 0.2) is 0 Å². The van der Waals surface area contributed by atoms with Crippen molar-refractivity contribution in [3.63, 3.8) is 0 Å². The molecule has 102 valence electrons. The summed E-state index contributed by atoms with van der Waals surface area (Å²) in [5.41, 5.74) is 6.16. The Morgan fingerprint density at radius 3 is 2.79 bits per heavy atom. The van der Waals surface area contributed by atoms with Crippen LogP contribution in [0.5, 0.6) is 0 Å². The molecule has 0 saturated carbocycles. The maximum absolute atomic E-state index is 6.16. The van der Waals surface area contributed by atoms with Gasteiger partial charge in [-0.1, -0.05) is 15.9 Å². The molecule has 0 aliphatic carbocycles. The minimum Gasteiger partial charge on any atom is -0.327 e. The van der Waals surface area contributed by atoms with Gasteiger partial charge in [-0.2, -0.15) is 5.10 Å². The zero-order chi connectivity index (χ0) is 13.7. The lowest BCUT2D eigenvalue weighted by molar-refractivity contribution is 0.588. The van der Waals surface area contributed by atoms with Gasteiger partial charge in [0, 0.05) is 34.1 Å². The normalized spacial score (nSPS) is 12.6. The van der Waals surface area contributed by atoms with Crippen LogP contribution >= 0.6 is 27.7 Å². The summed E-state index contributed by atoms with van der Waals surface area (Å²) in [6.45, 7) is 2.89. The van der Waals surface area contributed by atoms with Crippen LogP contribution in [0.2, 0.25) is 0 Å². The Bertz CT molecular complexity index is 512. The van der Waals surface area contributed by atoms with Gasteiger partial charge in [-0.25, -0.2) is 4.98 Å². The zero-order valence-electron chi connectivity index (χ0n) is 10.8. The number of benzene rings is 1. The third-order valence-corrected chi connectivity index (χ3v) is 4.45. The molecule has 0 saturated heterocycles. The fraction of sp³-hybridized carbons (Fsp3) is 0.385. The fourth-order valence-corrected chi connectivity index (χ4v) is 2.86. The summed E-state index contributed by atoms with van der Waals surface area (Å²) in [5.74, 6) is 1.84. The molecule has 0 radical (unpaired) electrons. The number of hydrogen-bond acceptors (Lipinski definition) is 4. The van der Waals surface area contributed by atoms with Crippen LogP contribution in [0.1, 0.15) is 12.7 Å². The highest BCUT2D eigenvalue weighted by molar-refractivity contribution is 9.10. The van der Waals surface area contributed by atoms with Crippen LogP contribution in [-0.2, 0) is 13.0 Å². The Hall–Kier alpha value is -0.850. The van der Waals surface area contributed by atoms with Crippen LogP contribution in [0.3, 0.4) is 0 Å². The van der Waals surface area contributed by atoms with Crippen LogP contribution in [0.15, 0.2) is 40.0 Å². The average molecular weight is 341 g/mol. The van der Waals surface area contributed by atoms with E-state index in [0.717, 1.165) is 29.0 Å². The summed E-state index contributed by atoms with van der Waals surface area (Å²) in [5, 5.41) is 4.15. The van der Waals surface area contributed by atoms with Gasteiger partial charge in [-0.3, -0.25) is 4.68 Å². The predicted molar refractivity (Wildman–Crippen MR) is 82.2 cm³/mol. The lowest BCUT2D eigenvalue weighted by atomic mass is 10.2. The standard InChI is InChI=1S/C13H17BrN4S/c1-2-18-13(16-9-17-18)7-11(15)8-19-12-5-3-10(14)4-6-12/h3-6,9,11H,2,7-8,15H2,1H3. The summed E-state index contributed by atoms with van der Waals surface area (Å²) in [6, 6.07) is 8.36. The van der Waals surface area contributed by atoms with Gasteiger partial charge in [0.1, 0.15) is 12.2 Å². The van der Waals surface area contributed by atoms with Gasteiger partial charge < -0.3 is 5.73 Å². The number of nitrogens with zero attached hydrogens (tertiary/aromatic N) is 3. The number of rotatable bonds is 6. The van der Waals surface area contributed by atoms with E-state index in [1.165, 1.54) is 4.90 Å². The molecule has 1 unspecified atom stereocenters. The topological polar surface area (TPSA) is 56.7 Å². The fourth-order valence-electron chi connectivity index (χ4n) is 1.74. The molecule has 1 atom stereocenters. The highest BCUT2D eigenvalue weighted by atomic mass is 79.9. The van der Waals surface area contributed by atoms with Crippen LogP contribution < -0.4 is 5.73 Å². The van der Waals surface area contributed by atoms with E-state index in [2.05, 4.69) is 45.1 Å². The third-order valence-electron chi connectivity index (χ3n) is 2.72. The summed E-state index contributed by atoms with van der Waals surface area (Å²) >= 11 is 5.20. The van der Waals surface area contributed by atoms with Crippen molar-refractivity contribution in [2.24, 2.45) is 5.73 Å². The number of aryl methyl sites for hydroxylation is 1. The second kappa shape index (κ2) is 7.07.